The maximum Gasteiger partial charge on any atom is 0.229 e. The van der Waals surface area contributed by atoms with E-state index in [1.54, 1.807) is 6.92 Å². The molecular formula is C15H20Cl2N2O. The Labute approximate surface area is 130 Å². The van der Waals surface area contributed by atoms with Crippen molar-refractivity contribution in [2.75, 3.05) is 18.5 Å². The zero-order chi connectivity index (χ0) is 15.0. The van der Waals surface area contributed by atoms with E-state index in [9.17, 15) is 4.79 Å². The van der Waals surface area contributed by atoms with Crippen LogP contribution < -0.4 is 10.2 Å². The van der Waals surface area contributed by atoms with Gasteiger partial charge in [-0.2, -0.15) is 0 Å². The summed E-state index contributed by atoms with van der Waals surface area (Å²) in [7, 11) is 2.01. The molecule has 1 aliphatic carbocycles. The predicted molar refractivity (Wildman–Crippen MR) is 84.5 cm³/mol. The highest BCUT2D eigenvalue weighted by Crippen LogP contribution is 2.63. The molecule has 1 N–H and O–H groups in total. The van der Waals surface area contributed by atoms with Gasteiger partial charge >= 0.3 is 0 Å². The molecule has 3 nitrogen and oxygen atoms in total. The molecule has 0 saturated heterocycles. The van der Waals surface area contributed by atoms with E-state index in [1.807, 2.05) is 37.4 Å². The van der Waals surface area contributed by atoms with Gasteiger partial charge < -0.3 is 10.2 Å². The van der Waals surface area contributed by atoms with E-state index in [4.69, 9.17) is 23.2 Å². The van der Waals surface area contributed by atoms with Crippen LogP contribution >= 0.6 is 23.2 Å². The summed E-state index contributed by atoms with van der Waals surface area (Å²) in [5.41, 5.74) is 0.470. The first-order chi connectivity index (χ1) is 9.28. The summed E-state index contributed by atoms with van der Waals surface area (Å²) in [6.07, 6.45) is 0.512. The second-order valence-electron chi connectivity index (χ2n) is 5.72. The van der Waals surface area contributed by atoms with Gasteiger partial charge in [-0.1, -0.05) is 18.2 Å². The lowest BCUT2D eigenvalue weighted by atomic mass is 10.1. The number of hydrogen-bond acceptors (Lipinski definition) is 2. The van der Waals surface area contributed by atoms with E-state index < -0.39 is 9.75 Å². The highest BCUT2D eigenvalue weighted by atomic mass is 35.5. The molecule has 20 heavy (non-hydrogen) atoms. The third-order valence-corrected chi connectivity index (χ3v) is 5.24. The molecule has 110 valence electrons. The van der Waals surface area contributed by atoms with Gasteiger partial charge in [-0.15, -0.1) is 23.2 Å². The number of nitrogens with zero attached hydrogens (tertiary/aromatic N) is 1. The topological polar surface area (TPSA) is 32.3 Å². The number of benzene rings is 1. The first-order valence-corrected chi connectivity index (χ1v) is 7.47. The molecule has 5 heteroatoms. The molecule has 0 spiro atoms. The fourth-order valence-corrected chi connectivity index (χ4v) is 2.84. The van der Waals surface area contributed by atoms with Crippen molar-refractivity contribution in [3.05, 3.63) is 30.3 Å². The van der Waals surface area contributed by atoms with Crippen molar-refractivity contribution in [2.45, 2.75) is 30.6 Å². The van der Waals surface area contributed by atoms with Crippen LogP contribution in [-0.4, -0.2) is 29.9 Å². The van der Waals surface area contributed by atoms with Crippen molar-refractivity contribution in [2.24, 2.45) is 5.41 Å². The molecule has 1 aromatic carbocycles. The number of anilines is 1. The minimum absolute atomic E-state index is 0.0733. The van der Waals surface area contributed by atoms with Crippen molar-refractivity contribution in [3.8, 4) is 0 Å². The van der Waals surface area contributed by atoms with Crippen LogP contribution in [0.25, 0.3) is 0 Å². The minimum atomic E-state index is -0.911. The molecule has 1 saturated carbocycles. The van der Waals surface area contributed by atoms with Crippen LogP contribution in [0.2, 0.25) is 0 Å². The van der Waals surface area contributed by atoms with Crippen molar-refractivity contribution in [1.29, 1.82) is 0 Å². The van der Waals surface area contributed by atoms with E-state index >= 15 is 0 Å². The lowest BCUT2D eigenvalue weighted by Gasteiger charge is -2.27. The second-order valence-corrected chi connectivity index (χ2v) is 7.20. The van der Waals surface area contributed by atoms with Crippen LogP contribution in [-0.2, 0) is 4.79 Å². The average molecular weight is 315 g/mol. The molecule has 1 amide bonds. The standard InChI is InChI=1S/C15H20Cl2N2O/c1-11(19(3)12-7-5-4-6-8-12)9-18-13(20)14(2)10-15(14,16)17/h4-8,11H,9-10H2,1-3H3,(H,18,20). The number of hydrogen-bond donors (Lipinski definition) is 1. The minimum Gasteiger partial charge on any atom is -0.370 e. The van der Waals surface area contributed by atoms with Gasteiger partial charge in [-0.3, -0.25) is 4.79 Å². The Kier molecular flexibility index (Phi) is 4.22. The van der Waals surface area contributed by atoms with Gasteiger partial charge in [-0.25, -0.2) is 0 Å². The molecule has 1 aromatic rings. The maximum absolute atomic E-state index is 12.1. The quantitative estimate of drug-likeness (QED) is 0.846. The van der Waals surface area contributed by atoms with Gasteiger partial charge in [0.2, 0.25) is 5.91 Å². The highest BCUT2D eigenvalue weighted by molar-refractivity contribution is 6.53. The summed E-state index contributed by atoms with van der Waals surface area (Å²) in [6, 6.07) is 10.3. The summed E-state index contributed by atoms with van der Waals surface area (Å²) in [4.78, 5) is 14.2. The van der Waals surface area contributed by atoms with Crippen molar-refractivity contribution in [1.82, 2.24) is 5.32 Å². The zero-order valence-corrected chi connectivity index (χ0v) is 13.5. The molecule has 0 bridgehead atoms. The second kappa shape index (κ2) is 5.45. The average Bonchev–Trinajstić information content (AvgIpc) is 2.96. The van der Waals surface area contributed by atoms with Crippen LogP contribution in [0.4, 0.5) is 5.69 Å². The molecule has 1 fully saturated rings. The molecule has 0 heterocycles. The molecule has 0 aliphatic heterocycles. The number of halogens is 2. The number of likely N-dealkylation sites (N-methyl/N-ethyl adjacent to an activating group) is 1. The largest absolute Gasteiger partial charge is 0.370 e. The van der Waals surface area contributed by atoms with Crippen LogP contribution in [0.1, 0.15) is 20.3 Å². The Bertz CT molecular complexity index is 492. The number of carbonyl (C=O) groups is 1. The Hall–Kier alpha value is -0.930. The van der Waals surface area contributed by atoms with E-state index in [2.05, 4.69) is 17.1 Å². The van der Waals surface area contributed by atoms with E-state index in [-0.39, 0.29) is 11.9 Å². The molecule has 1 aliphatic rings. The molecule has 0 aromatic heterocycles. The Morgan fingerprint density at radius 2 is 1.95 bits per heavy atom. The van der Waals surface area contributed by atoms with E-state index in [0.29, 0.717) is 13.0 Å². The van der Waals surface area contributed by atoms with Gasteiger partial charge in [0, 0.05) is 25.3 Å². The summed E-state index contributed by atoms with van der Waals surface area (Å²) < 4.78 is -0.911. The summed E-state index contributed by atoms with van der Waals surface area (Å²) in [5, 5.41) is 2.94. The predicted octanol–water partition coefficient (Wildman–Crippen LogP) is 3.21. The number of nitrogens with one attached hydrogen (secondary N) is 1. The molecule has 2 atom stereocenters. The zero-order valence-electron chi connectivity index (χ0n) is 12.0. The molecule has 2 unspecified atom stereocenters. The Morgan fingerprint density at radius 3 is 2.45 bits per heavy atom. The normalized spacial score (nSPS) is 24.9. The maximum atomic E-state index is 12.1. The SMILES string of the molecule is CC(CNC(=O)C1(C)CC1(Cl)Cl)N(C)c1ccccc1. The number of amides is 1. The fraction of sp³-hybridized carbons (Fsp3) is 0.533. The highest BCUT2D eigenvalue weighted by Gasteiger charge is 2.67. The number of para-hydroxylation sites is 1. The molecule has 0 radical (unpaired) electrons. The van der Waals surface area contributed by atoms with Crippen LogP contribution in [0.15, 0.2) is 30.3 Å². The Morgan fingerprint density at radius 1 is 1.40 bits per heavy atom. The van der Waals surface area contributed by atoms with Gasteiger partial charge in [0.15, 0.2) is 0 Å². The fourth-order valence-electron chi connectivity index (χ4n) is 2.14. The van der Waals surface area contributed by atoms with Crippen LogP contribution in [0, 0.1) is 5.41 Å². The van der Waals surface area contributed by atoms with E-state index in [1.165, 1.54) is 0 Å². The number of carbonyl (C=O) groups excluding carboxylic acids is 1. The summed E-state index contributed by atoms with van der Waals surface area (Å²) >= 11 is 12.0. The van der Waals surface area contributed by atoms with Gasteiger partial charge in [0.1, 0.15) is 4.33 Å². The van der Waals surface area contributed by atoms with Gasteiger partial charge in [0.05, 0.1) is 5.41 Å². The first kappa shape index (κ1) is 15.5. The van der Waals surface area contributed by atoms with E-state index in [0.717, 1.165) is 5.69 Å². The summed E-state index contributed by atoms with van der Waals surface area (Å²) in [6.45, 7) is 4.43. The third-order valence-electron chi connectivity index (χ3n) is 4.14. The summed E-state index contributed by atoms with van der Waals surface area (Å²) in [5.74, 6) is -0.0733. The third kappa shape index (κ3) is 2.89. The van der Waals surface area contributed by atoms with Crippen LogP contribution in [0.3, 0.4) is 0 Å². The number of rotatable bonds is 5. The van der Waals surface area contributed by atoms with Crippen molar-refractivity contribution < 1.29 is 4.79 Å². The lowest BCUT2D eigenvalue weighted by Crippen LogP contribution is -2.43. The smallest absolute Gasteiger partial charge is 0.229 e. The molecule has 2 rings (SSSR count). The monoisotopic (exact) mass is 314 g/mol. The first-order valence-electron chi connectivity index (χ1n) is 6.72. The lowest BCUT2D eigenvalue weighted by molar-refractivity contribution is -0.125. The van der Waals surface area contributed by atoms with Crippen molar-refractivity contribution in [3.63, 3.8) is 0 Å². The van der Waals surface area contributed by atoms with Gasteiger partial charge in [-0.05, 0) is 32.4 Å². The number of alkyl halides is 2. The Balaban J connectivity index is 1.87. The van der Waals surface area contributed by atoms with Crippen molar-refractivity contribution >= 4 is 34.8 Å². The van der Waals surface area contributed by atoms with Crippen LogP contribution in [0.5, 0.6) is 0 Å². The molecular weight excluding hydrogens is 295 g/mol. The van der Waals surface area contributed by atoms with Gasteiger partial charge in [0.25, 0.3) is 0 Å².